The number of hydrogen-bond acceptors (Lipinski definition) is 2. The van der Waals surface area contributed by atoms with Crippen LogP contribution in [0.25, 0.3) is 0 Å². The van der Waals surface area contributed by atoms with Gasteiger partial charge in [0.15, 0.2) is 0 Å². The third-order valence-electron chi connectivity index (χ3n) is 2.68. The first kappa shape index (κ1) is 16.4. The van der Waals surface area contributed by atoms with Crippen LogP contribution in [0.15, 0.2) is 42.6 Å². The van der Waals surface area contributed by atoms with Crippen LogP contribution in [0.2, 0.25) is 0 Å². The highest BCUT2D eigenvalue weighted by Gasteiger charge is 2.30. The zero-order chi connectivity index (χ0) is 14.0. The maximum absolute atomic E-state index is 13.5. The lowest BCUT2D eigenvalue weighted by Crippen LogP contribution is -2.15. The van der Waals surface area contributed by atoms with Gasteiger partial charge >= 0.3 is 6.18 Å². The van der Waals surface area contributed by atoms with Crippen LogP contribution in [0, 0.1) is 5.82 Å². The van der Waals surface area contributed by atoms with E-state index in [2.05, 4.69) is 4.98 Å². The molecule has 2 rings (SSSR count). The molecule has 0 radical (unpaired) electrons. The first-order valence-corrected chi connectivity index (χ1v) is 5.43. The van der Waals surface area contributed by atoms with Gasteiger partial charge in [-0.25, -0.2) is 4.39 Å². The molecule has 0 fully saturated rings. The summed E-state index contributed by atoms with van der Waals surface area (Å²) >= 11 is 0. The Morgan fingerprint density at radius 2 is 1.65 bits per heavy atom. The van der Waals surface area contributed by atoms with Crippen LogP contribution in [-0.4, -0.2) is 4.98 Å². The minimum absolute atomic E-state index is 0. The summed E-state index contributed by atoms with van der Waals surface area (Å²) in [4.78, 5) is 3.80. The molecule has 0 saturated heterocycles. The highest BCUT2D eigenvalue weighted by molar-refractivity contribution is 5.85. The smallest absolute Gasteiger partial charge is 0.319 e. The predicted molar refractivity (Wildman–Crippen MR) is 68.9 cm³/mol. The van der Waals surface area contributed by atoms with Crippen LogP contribution in [0.4, 0.5) is 17.6 Å². The summed E-state index contributed by atoms with van der Waals surface area (Å²) in [6, 6.07) is 5.99. The van der Waals surface area contributed by atoms with Crippen molar-refractivity contribution in [1.29, 1.82) is 0 Å². The molecule has 0 spiro atoms. The zero-order valence-corrected chi connectivity index (χ0v) is 10.9. The Morgan fingerprint density at radius 3 is 2.15 bits per heavy atom. The van der Waals surface area contributed by atoms with E-state index < -0.39 is 23.6 Å². The molecule has 0 aliphatic carbocycles. The van der Waals surface area contributed by atoms with Crippen molar-refractivity contribution in [2.75, 3.05) is 0 Å². The summed E-state index contributed by atoms with van der Waals surface area (Å²) in [5.74, 6) is -0.588. The fraction of sp³-hybridized carbons (Fsp3) is 0.154. The lowest BCUT2D eigenvalue weighted by molar-refractivity contribution is -0.137. The second kappa shape index (κ2) is 6.19. The first-order valence-electron chi connectivity index (χ1n) is 5.43. The maximum atomic E-state index is 13.5. The minimum atomic E-state index is -4.40. The average Bonchev–Trinajstić information content (AvgIpc) is 2.38. The Bertz CT molecular complexity index is 569. The summed E-state index contributed by atoms with van der Waals surface area (Å²) in [5, 5.41) is 0. The van der Waals surface area contributed by atoms with Crippen molar-refractivity contribution in [2.45, 2.75) is 12.2 Å². The van der Waals surface area contributed by atoms with Crippen molar-refractivity contribution in [1.82, 2.24) is 4.98 Å². The number of halogens is 5. The van der Waals surface area contributed by atoms with E-state index in [9.17, 15) is 17.6 Å². The molecular weight excluding hydrogens is 296 g/mol. The Balaban J connectivity index is 0.00000200. The van der Waals surface area contributed by atoms with E-state index in [1.165, 1.54) is 30.5 Å². The van der Waals surface area contributed by atoms with Crippen LogP contribution in [-0.2, 0) is 6.18 Å². The largest absolute Gasteiger partial charge is 0.416 e. The Kier molecular flexibility index (Phi) is 5.08. The van der Waals surface area contributed by atoms with Gasteiger partial charge in [0.2, 0.25) is 0 Å². The van der Waals surface area contributed by atoms with Gasteiger partial charge in [-0.15, -0.1) is 12.4 Å². The van der Waals surface area contributed by atoms with Crippen molar-refractivity contribution >= 4 is 12.4 Å². The highest BCUT2D eigenvalue weighted by atomic mass is 35.5. The fourth-order valence-corrected chi connectivity index (χ4v) is 1.66. The van der Waals surface area contributed by atoms with Gasteiger partial charge in [-0.1, -0.05) is 12.1 Å². The molecular formula is C13H11ClF4N2. The van der Waals surface area contributed by atoms with Gasteiger partial charge < -0.3 is 5.73 Å². The molecule has 0 amide bonds. The number of nitrogens with two attached hydrogens (primary N) is 1. The van der Waals surface area contributed by atoms with Gasteiger partial charge in [-0.2, -0.15) is 13.2 Å². The zero-order valence-electron chi connectivity index (χ0n) is 10.1. The fourth-order valence-electron chi connectivity index (χ4n) is 1.66. The van der Waals surface area contributed by atoms with Crippen LogP contribution in [0.3, 0.4) is 0 Å². The normalized spacial score (nSPS) is 12.7. The van der Waals surface area contributed by atoms with Crippen LogP contribution in [0.1, 0.15) is 22.9 Å². The molecule has 108 valence electrons. The van der Waals surface area contributed by atoms with Crippen molar-refractivity contribution in [3.8, 4) is 0 Å². The van der Waals surface area contributed by atoms with E-state index >= 15 is 0 Å². The van der Waals surface area contributed by atoms with Gasteiger partial charge in [0.05, 0.1) is 17.3 Å². The molecule has 1 aromatic carbocycles. The molecule has 0 saturated carbocycles. The topological polar surface area (TPSA) is 38.9 Å². The van der Waals surface area contributed by atoms with Gasteiger partial charge in [0, 0.05) is 6.20 Å². The van der Waals surface area contributed by atoms with E-state index in [0.717, 1.165) is 12.1 Å². The van der Waals surface area contributed by atoms with Gasteiger partial charge in [-0.3, -0.25) is 4.98 Å². The van der Waals surface area contributed by atoms with Crippen molar-refractivity contribution in [3.63, 3.8) is 0 Å². The number of benzene rings is 1. The SMILES string of the molecule is Cl.NC(c1ccc(C(F)(F)F)cc1)c1ncccc1F. The quantitative estimate of drug-likeness (QED) is 0.859. The molecule has 7 heteroatoms. The number of alkyl halides is 3. The van der Waals surface area contributed by atoms with Gasteiger partial charge in [0.1, 0.15) is 5.82 Å². The number of pyridine rings is 1. The van der Waals surface area contributed by atoms with Crippen molar-refractivity contribution in [3.05, 3.63) is 65.2 Å². The third-order valence-corrected chi connectivity index (χ3v) is 2.68. The Hall–Kier alpha value is -1.66. The molecule has 1 heterocycles. The standard InChI is InChI=1S/C13H10F4N2.ClH/c14-10-2-1-7-19-12(10)11(18)8-3-5-9(6-4-8)13(15,16)17;/h1-7,11H,18H2;1H. The summed E-state index contributed by atoms with van der Waals surface area (Å²) < 4.78 is 50.7. The van der Waals surface area contributed by atoms with Crippen LogP contribution < -0.4 is 5.73 Å². The molecule has 0 aliphatic heterocycles. The second-order valence-corrected chi connectivity index (χ2v) is 3.97. The first-order chi connectivity index (χ1) is 8.89. The summed E-state index contributed by atoms with van der Waals surface area (Å²) in [6.07, 6.45) is -3.03. The lowest BCUT2D eigenvalue weighted by atomic mass is 10.0. The lowest BCUT2D eigenvalue weighted by Gasteiger charge is -2.13. The highest BCUT2D eigenvalue weighted by Crippen LogP contribution is 2.30. The second-order valence-electron chi connectivity index (χ2n) is 3.97. The van der Waals surface area contributed by atoms with E-state index in [1.807, 2.05) is 0 Å². The van der Waals surface area contributed by atoms with E-state index in [-0.39, 0.29) is 18.1 Å². The van der Waals surface area contributed by atoms with Crippen molar-refractivity contribution < 1.29 is 17.6 Å². The molecule has 2 N–H and O–H groups in total. The summed E-state index contributed by atoms with van der Waals surface area (Å²) in [5.41, 5.74) is 5.39. The molecule has 20 heavy (non-hydrogen) atoms. The Morgan fingerprint density at radius 1 is 1.05 bits per heavy atom. The molecule has 2 nitrogen and oxygen atoms in total. The monoisotopic (exact) mass is 306 g/mol. The summed E-state index contributed by atoms with van der Waals surface area (Å²) in [6.45, 7) is 0. The molecule has 0 aliphatic rings. The molecule has 2 aromatic rings. The number of hydrogen-bond donors (Lipinski definition) is 1. The molecule has 0 bridgehead atoms. The summed E-state index contributed by atoms with van der Waals surface area (Å²) in [7, 11) is 0. The van der Waals surface area contributed by atoms with Crippen LogP contribution >= 0.6 is 12.4 Å². The molecule has 1 aromatic heterocycles. The number of nitrogens with zero attached hydrogens (tertiary/aromatic N) is 1. The average molecular weight is 307 g/mol. The molecule has 1 atom stereocenters. The van der Waals surface area contributed by atoms with Crippen LogP contribution in [0.5, 0.6) is 0 Å². The Labute approximate surface area is 119 Å². The van der Waals surface area contributed by atoms with E-state index in [1.54, 1.807) is 0 Å². The number of rotatable bonds is 2. The minimum Gasteiger partial charge on any atom is -0.319 e. The van der Waals surface area contributed by atoms with E-state index in [4.69, 9.17) is 5.73 Å². The maximum Gasteiger partial charge on any atom is 0.416 e. The number of aromatic nitrogens is 1. The van der Waals surface area contributed by atoms with E-state index in [0.29, 0.717) is 5.56 Å². The molecule has 1 unspecified atom stereocenters. The van der Waals surface area contributed by atoms with Crippen molar-refractivity contribution in [2.24, 2.45) is 5.73 Å². The predicted octanol–water partition coefficient (Wildman–Crippen LogP) is 3.71. The third kappa shape index (κ3) is 3.46. The van der Waals surface area contributed by atoms with Gasteiger partial charge in [-0.05, 0) is 29.8 Å². The van der Waals surface area contributed by atoms with Gasteiger partial charge in [0.25, 0.3) is 0 Å².